The van der Waals surface area contributed by atoms with E-state index in [1.807, 2.05) is 0 Å². The molecule has 1 aromatic heterocycles. The molecule has 3 rings (SSSR count). The minimum absolute atomic E-state index is 0.204. The molecule has 0 atom stereocenters. The van der Waals surface area contributed by atoms with Gasteiger partial charge in [-0.05, 0) is 23.9 Å². The molecule has 0 bridgehead atoms. The average molecular weight is 369 g/mol. The van der Waals surface area contributed by atoms with Gasteiger partial charge in [-0.2, -0.15) is 10.1 Å². The minimum Gasteiger partial charge on any atom is -0.274 e. The number of amides is 1. The smallest absolute Gasteiger partial charge is 0.245 e. The Labute approximate surface area is 146 Å². The number of carbonyl (C=O) groups excluding carboxylic acids is 2. The lowest BCUT2D eigenvalue weighted by atomic mass is 10.2. The molecule has 1 aliphatic heterocycles. The Balaban J connectivity index is 2.12. The van der Waals surface area contributed by atoms with Crippen molar-refractivity contribution in [2.24, 2.45) is 5.10 Å². The standard InChI is InChI=1S/C14H10Cl2N4O2S/c1-7(21)19-6-17-12-14(19)23-13(18-20(12)8(2)22)9-3-4-10(15)11(16)5-9/h3-6H,1-2H3. The number of fused-ring (bicyclic) bond motifs is 1. The number of rotatable bonds is 1. The molecule has 0 saturated heterocycles. The second kappa shape index (κ2) is 5.99. The largest absolute Gasteiger partial charge is 0.274 e. The number of halogens is 2. The molecule has 6 nitrogen and oxygen atoms in total. The highest BCUT2D eigenvalue weighted by Gasteiger charge is 2.29. The van der Waals surface area contributed by atoms with E-state index in [2.05, 4.69) is 10.1 Å². The molecule has 1 aliphatic rings. The molecule has 9 heteroatoms. The van der Waals surface area contributed by atoms with Gasteiger partial charge < -0.3 is 0 Å². The molecular weight excluding hydrogens is 359 g/mol. The Hall–Kier alpha value is -1.83. The third-order valence-corrected chi connectivity index (χ3v) is 4.92. The van der Waals surface area contributed by atoms with Crippen LogP contribution in [-0.2, 0) is 4.79 Å². The summed E-state index contributed by atoms with van der Waals surface area (Å²) in [4.78, 5) is 27.7. The molecule has 1 amide bonds. The van der Waals surface area contributed by atoms with Crippen molar-refractivity contribution in [3.63, 3.8) is 0 Å². The maximum absolute atomic E-state index is 11.9. The van der Waals surface area contributed by atoms with Crippen molar-refractivity contribution >= 4 is 57.6 Å². The Morgan fingerprint density at radius 3 is 2.48 bits per heavy atom. The van der Waals surface area contributed by atoms with Gasteiger partial charge in [0.25, 0.3) is 0 Å². The molecule has 0 unspecified atom stereocenters. The van der Waals surface area contributed by atoms with Gasteiger partial charge in [0.15, 0.2) is 5.82 Å². The summed E-state index contributed by atoms with van der Waals surface area (Å²) >= 11 is 13.2. The Kier molecular flexibility index (Phi) is 4.18. The zero-order valence-corrected chi connectivity index (χ0v) is 14.4. The lowest BCUT2D eigenvalue weighted by Gasteiger charge is -2.21. The van der Waals surface area contributed by atoms with Gasteiger partial charge in [0.05, 0.1) is 10.0 Å². The van der Waals surface area contributed by atoms with Gasteiger partial charge in [0, 0.05) is 19.4 Å². The van der Waals surface area contributed by atoms with Crippen molar-refractivity contribution in [3.8, 4) is 0 Å². The highest BCUT2D eigenvalue weighted by molar-refractivity contribution is 8.14. The van der Waals surface area contributed by atoms with Crippen LogP contribution in [0.2, 0.25) is 10.0 Å². The predicted molar refractivity (Wildman–Crippen MR) is 90.5 cm³/mol. The van der Waals surface area contributed by atoms with Crippen molar-refractivity contribution in [2.45, 2.75) is 18.9 Å². The Morgan fingerprint density at radius 2 is 1.87 bits per heavy atom. The summed E-state index contributed by atoms with van der Waals surface area (Å²) in [5.41, 5.74) is 0.692. The van der Waals surface area contributed by atoms with Crippen molar-refractivity contribution in [1.29, 1.82) is 0 Å². The van der Waals surface area contributed by atoms with E-state index in [-0.39, 0.29) is 11.8 Å². The number of hydrazone groups is 1. The SMILES string of the molecule is CC(=O)N1N=C(c2ccc(Cl)c(Cl)c2)Sc2c1ncn2C(C)=O. The number of imidazole rings is 1. The topological polar surface area (TPSA) is 67.6 Å². The summed E-state index contributed by atoms with van der Waals surface area (Å²) < 4.78 is 1.38. The highest BCUT2D eigenvalue weighted by Crippen LogP contribution is 2.37. The molecule has 0 N–H and O–H groups in total. The van der Waals surface area contributed by atoms with Crippen LogP contribution < -0.4 is 5.01 Å². The molecule has 23 heavy (non-hydrogen) atoms. The number of thioether (sulfide) groups is 1. The van der Waals surface area contributed by atoms with E-state index < -0.39 is 0 Å². The van der Waals surface area contributed by atoms with Gasteiger partial charge in [-0.15, -0.1) is 0 Å². The van der Waals surface area contributed by atoms with E-state index in [1.54, 1.807) is 18.2 Å². The second-order valence-corrected chi connectivity index (χ2v) is 6.52. The van der Waals surface area contributed by atoms with Crippen LogP contribution in [0.1, 0.15) is 24.2 Å². The fourth-order valence-electron chi connectivity index (χ4n) is 2.01. The summed E-state index contributed by atoms with van der Waals surface area (Å²) in [6, 6.07) is 5.06. The second-order valence-electron chi connectivity index (χ2n) is 4.73. The summed E-state index contributed by atoms with van der Waals surface area (Å²) in [7, 11) is 0. The molecule has 2 aromatic rings. The normalized spacial score (nSPS) is 13.6. The quantitative estimate of drug-likeness (QED) is 0.769. The van der Waals surface area contributed by atoms with Crippen LogP contribution in [0.15, 0.2) is 34.7 Å². The van der Waals surface area contributed by atoms with Crippen LogP contribution in [0.4, 0.5) is 5.82 Å². The molecule has 2 heterocycles. The molecule has 0 aliphatic carbocycles. The van der Waals surface area contributed by atoms with Gasteiger partial charge in [0.1, 0.15) is 16.4 Å². The summed E-state index contributed by atoms with van der Waals surface area (Å²) in [6.45, 7) is 2.80. The summed E-state index contributed by atoms with van der Waals surface area (Å²) in [6.07, 6.45) is 1.38. The maximum atomic E-state index is 11.9. The van der Waals surface area contributed by atoms with Crippen LogP contribution >= 0.6 is 35.0 Å². The van der Waals surface area contributed by atoms with Gasteiger partial charge in [-0.25, -0.2) is 4.98 Å². The number of anilines is 1. The van der Waals surface area contributed by atoms with E-state index in [1.165, 1.54) is 41.5 Å². The van der Waals surface area contributed by atoms with Gasteiger partial charge in [-0.1, -0.05) is 29.3 Å². The lowest BCUT2D eigenvalue weighted by molar-refractivity contribution is -0.116. The highest BCUT2D eigenvalue weighted by atomic mass is 35.5. The van der Waals surface area contributed by atoms with Gasteiger partial charge in [-0.3, -0.25) is 14.2 Å². The van der Waals surface area contributed by atoms with Crippen LogP contribution in [0.25, 0.3) is 0 Å². The first-order valence-electron chi connectivity index (χ1n) is 6.49. The van der Waals surface area contributed by atoms with Crippen molar-refractivity contribution in [2.75, 3.05) is 5.01 Å². The van der Waals surface area contributed by atoms with E-state index in [4.69, 9.17) is 23.2 Å². The van der Waals surface area contributed by atoms with Crippen LogP contribution in [0.5, 0.6) is 0 Å². The fourth-order valence-corrected chi connectivity index (χ4v) is 3.36. The zero-order valence-electron chi connectivity index (χ0n) is 12.1. The molecule has 0 saturated carbocycles. The lowest BCUT2D eigenvalue weighted by Crippen LogP contribution is -2.28. The van der Waals surface area contributed by atoms with E-state index in [0.717, 1.165) is 0 Å². The van der Waals surface area contributed by atoms with Crippen molar-refractivity contribution in [3.05, 3.63) is 40.1 Å². The molecule has 118 valence electrons. The number of hydrogen-bond donors (Lipinski definition) is 0. The Morgan fingerprint density at radius 1 is 1.13 bits per heavy atom. The first kappa shape index (κ1) is 16.0. The molecule has 1 aromatic carbocycles. The number of benzene rings is 1. The first-order valence-corrected chi connectivity index (χ1v) is 8.06. The third-order valence-electron chi connectivity index (χ3n) is 3.09. The van der Waals surface area contributed by atoms with E-state index in [0.29, 0.717) is 31.5 Å². The summed E-state index contributed by atoms with van der Waals surface area (Å²) in [5, 5.41) is 7.34. The maximum Gasteiger partial charge on any atom is 0.245 e. The fraction of sp³-hybridized carbons (Fsp3) is 0.143. The molecule has 0 spiro atoms. The van der Waals surface area contributed by atoms with Crippen LogP contribution in [0, 0.1) is 0 Å². The third kappa shape index (κ3) is 2.87. The average Bonchev–Trinajstić information content (AvgIpc) is 2.92. The monoisotopic (exact) mass is 368 g/mol. The first-order chi connectivity index (χ1) is 10.9. The van der Waals surface area contributed by atoms with E-state index in [9.17, 15) is 9.59 Å². The minimum atomic E-state index is -0.307. The summed E-state index contributed by atoms with van der Waals surface area (Å²) in [5.74, 6) is -0.176. The molecular formula is C14H10Cl2N4O2S. The van der Waals surface area contributed by atoms with E-state index >= 15 is 0 Å². The van der Waals surface area contributed by atoms with Gasteiger partial charge >= 0.3 is 0 Å². The van der Waals surface area contributed by atoms with Gasteiger partial charge in [0.2, 0.25) is 11.8 Å². The molecule has 0 fully saturated rings. The predicted octanol–water partition coefficient (Wildman–Crippen LogP) is 3.67. The number of hydrogen-bond acceptors (Lipinski definition) is 5. The van der Waals surface area contributed by atoms with Crippen LogP contribution in [-0.4, -0.2) is 26.4 Å². The number of nitrogens with zero attached hydrogens (tertiary/aromatic N) is 4. The Bertz CT molecular complexity index is 862. The number of aromatic nitrogens is 2. The molecule has 0 radical (unpaired) electrons. The van der Waals surface area contributed by atoms with Crippen molar-refractivity contribution < 1.29 is 9.59 Å². The van der Waals surface area contributed by atoms with Crippen LogP contribution in [0.3, 0.4) is 0 Å². The number of carbonyl (C=O) groups is 2. The zero-order chi connectivity index (χ0) is 16.7. The van der Waals surface area contributed by atoms with Crippen molar-refractivity contribution in [1.82, 2.24) is 9.55 Å².